The molecule has 0 saturated heterocycles. The smallest absolute Gasteiger partial charge is 0.390 e. The van der Waals surface area contributed by atoms with Gasteiger partial charge in [-0.15, -0.1) is 0 Å². The van der Waals surface area contributed by atoms with Crippen LogP contribution in [0.3, 0.4) is 0 Å². The van der Waals surface area contributed by atoms with Crippen molar-refractivity contribution in [2.75, 3.05) is 7.11 Å². The van der Waals surface area contributed by atoms with E-state index in [1.54, 1.807) is 0 Å². The van der Waals surface area contributed by atoms with Crippen LogP contribution in [0.25, 0.3) is 0 Å². The van der Waals surface area contributed by atoms with Crippen LogP contribution in [-0.4, -0.2) is 25.5 Å². The van der Waals surface area contributed by atoms with Crippen molar-refractivity contribution >= 4 is 8.80 Å². The second-order valence-electron chi connectivity index (χ2n) is 3.55. The minimum Gasteiger partial charge on any atom is -0.390 e. The molecule has 1 fully saturated rings. The maximum Gasteiger partial charge on any atom is 0.498 e. The molecular weight excluding hydrogens is 172 g/mol. The Balaban J connectivity index is 2.47. The normalized spacial score (nSPS) is 22.2. The fraction of sp³-hybridized carbons (Fsp3) is 1.00. The monoisotopic (exact) mass is 190 g/mol. The van der Waals surface area contributed by atoms with Gasteiger partial charge in [0.25, 0.3) is 0 Å². The summed E-state index contributed by atoms with van der Waals surface area (Å²) in [5, 5.41) is 0. The molecule has 1 saturated carbocycles. The summed E-state index contributed by atoms with van der Waals surface area (Å²) in [6.45, 7) is 0. The molecular formula is C8H18O3Si. The molecule has 1 aliphatic carbocycles. The molecule has 3 nitrogen and oxygen atoms in total. The van der Waals surface area contributed by atoms with E-state index >= 15 is 0 Å². The fourth-order valence-electron chi connectivity index (χ4n) is 1.82. The number of hydrogen-bond acceptors (Lipinski definition) is 3. The predicted octanol–water partition coefficient (Wildman–Crippen LogP) is 1.28. The zero-order valence-corrected chi connectivity index (χ0v) is 8.62. The third kappa shape index (κ3) is 2.55. The molecule has 0 aromatic carbocycles. The third-order valence-corrected chi connectivity index (χ3v) is 4.93. The Hall–Kier alpha value is 0.0969. The number of rotatable bonds is 2. The molecule has 1 rings (SSSR count). The molecule has 72 valence electrons. The van der Waals surface area contributed by atoms with E-state index in [0.717, 1.165) is 25.7 Å². The van der Waals surface area contributed by atoms with E-state index < -0.39 is 8.80 Å². The SMILES string of the molecule is CO[Si](O)(O)C1CCCCCC1. The van der Waals surface area contributed by atoms with Gasteiger partial charge in [0.15, 0.2) is 0 Å². The Kier molecular flexibility index (Phi) is 3.70. The van der Waals surface area contributed by atoms with Gasteiger partial charge in [0.1, 0.15) is 0 Å². The highest BCUT2D eigenvalue weighted by Gasteiger charge is 2.41. The van der Waals surface area contributed by atoms with E-state index in [1.807, 2.05) is 0 Å². The van der Waals surface area contributed by atoms with Gasteiger partial charge in [-0.1, -0.05) is 25.7 Å². The van der Waals surface area contributed by atoms with Gasteiger partial charge in [0, 0.05) is 12.7 Å². The van der Waals surface area contributed by atoms with Crippen molar-refractivity contribution in [1.29, 1.82) is 0 Å². The summed E-state index contributed by atoms with van der Waals surface area (Å²) in [7, 11) is -1.91. The van der Waals surface area contributed by atoms with Crippen LogP contribution in [0.5, 0.6) is 0 Å². The maximum absolute atomic E-state index is 9.55. The second-order valence-corrected chi connectivity index (χ2v) is 6.09. The van der Waals surface area contributed by atoms with Gasteiger partial charge in [-0.2, -0.15) is 0 Å². The van der Waals surface area contributed by atoms with Gasteiger partial charge in [-0.25, -0.2) is 0 Å². The summed E-state index contributed by atoms with van der Waals surface area (Å²) < 4.78 is 4.78. The van der Waals surface area contributed by atoms with Gasteiger partial charge in [-0.3, -0.25) is 0 Å². The lowest BCUT2D eigenvalue weighted by molar-refractivity contribution is 0.165. The number of hydrogen-bond donors (Lipinski definition) is 2. The quantitative estimate of drug-likeness (QED) is 0.509. The van der Waals surface area contributed by atoms with Crippen LogP contribution in [0.15, 0.2) is 0 Å². The van der Waals surface area contributed by atoms with Crippen LogP contribution in [-0.2, 0) is 4.43 Å². The molecule has 0 radical (unpaired) electrons. The molecule has 0 amide bonds. The van der Waals surface area contributed by atoms with Crippen molar-refractivity contribution in [3.05, 3.63) is 0 Å². The summed E-state index contributed by atoms with van der Waals surface area (Å²) in [6, 6.07) is 0. The Morgan fingerprint density at radius 2 is 1.58 bits per heavy atom. The van der Waals surface area contributed by atoms with E-state index in [9.17, 15) is 9.59 Å². The van der Waals surface area contributed by atoms with Crippen molar-refractivity contribution in [2.24, 2.45) is 0 Å². The Morgan fingerprint density at radius 1 is 1.08 bits per heavy atom. The van der Waals surface area contributed by atoms with Crippen LogP contribution < -0.4 is 0 Å². The summed E-state index contributed by atoms with van der Waals surface area (Å²) in [5.74, 6) is 0. The first-order valence-electron chi connectivity index (χ1n) is 4.66. The highest BCUT2D eigenvalue weighted by molar-refractivity contribution is 6.59. The highest BCUT2D eigenvalue weighted by Crippen LogP contribution is 2.33. The van der Waals surface area contributed by atoms with E-state index in [4.69, 9.17) is 4.43 Å². The first-order chi connectivity index (χ1) is 5.67. The molecule has 0 aromatic heterocycles. The summed E-state index contributed by atoms with van der Waals surface area (Å²) in [6.07, 6.45) is 6.53. The minimum atomic E-state index is -3.31. The third-order valence-electron chi connectivity index (χ3n) is 2.69. The molecule has 0 bridgehead atoms. The average Bonchev–Trinajstić information content (AvgIpc) is 2.32. The van der Waals surface area contributed by atoms with Crippen molar-refractivity contribution in [1.82, 2.24) is 0 Å². The first-order valence-corrected chi connectivity index (χ1v) is 6.54. The van der Waals surface area contributed by atoms with Crippen LogP contribution in [0.2, 0.25) is 5.54 Å². The van der Waals surface area contributed by atoms with Crippen molar-refractivity contribution < 1.29 is 14.0 Å². The average molecular weight is 190 g/mol. The van der Waals surface area contributed by atoms with Gasteiger partial charge < -0.3 is 14.0 Å². The zero-order chi connectivity index (χ0) is 9.03. The minimum absolute atomic E-state index is 0.0324. The van der Waals surface area contributed by atoms with E-state index in [1.165, 1.54) is 20.0 Å². The lowest BCUT2D eigenvalue weighted by Gasteiger charge is -2.23. The van der Waals surface area contributed by atoms with Gasteiger partial charge in [0.05, 0.1) is 0 Å². The fourth-order valence-corrected chi connectivity index (χ4v) is 3.32. The highest BCUT2D eigenvalue weighted by atomic mass is 28.4. The molecule has 2 N–H and O–H groups in total. The standard InChI is InChI=1S/C8H18O3Si/c1-11-12(9,10)8-6-4-2-3-5-7-8/h8-10H,2-7H2,1H3. The molecule has 0 unspecified atom stereocenters. The molecule has 4 heteroatoms. The van der Waals surface area contributed by atoms with E-state index in [-0.39, 0.29) is 5.54 Å². The second kappa shape index (κ2) is 4.37. The zero-order valence-electron chi connectivity index (χ0n) is 7.62. The molecule has 12 heavy (non-hydrogen) atoms. The molecule has 0 aliphatic heterocycles. The summed E-state index contributed by atoms with van der Waals surface area (Å²) in [4.78, 5) is 19.1. The molecule has 0 spiro atoms. The van der Waals surface area contributed by atoms with Crippen LogP contribution in [0.4, 0.5) is 0 Å². The van der Waals surface area contributed by atoms with Crippen LogP contribution in [0.1, 0.15) is 38.5 Å². The molecule has 0 heterocycles. The first kappa shape index (κ1) is 10.2. The largest absolute Gasteiger partial charge is 0.498 e. The van der Waals surface area contributed by atoms with E-state index in [2.05, 4.69) is 0 Å². The van der Waals surface area contributed by atoms with E-state index in [0.29, 0.717) is 0 Å². The lowest BCUT2D eigenvalue weighted by Crippen LogP contribution is -2.43. The lowest BCUT2D eigenvalue weighted by atomic mass is 10.2. The summed E-state index contributed by atoms with van der Waals surface area (Å²) in [5.41, 5.74) is 0.0324. The Bertz CT molecular complexity index is 130. The van der Waals surface area contributed by atoms with Gasteiger partial charge >= 0.3 is 8.80 Å². The Morgan fingerprint density at radius 3 is 2.00 bits per heavy atom. The van der Waals surface area contributed by atoms with Crippen molar-refractivity contribution in [3.63, 3.8) is 0 Å². The van der Waals surface area contributed by atoms with Crippen LogP contribution in [0, 0.1) is 0 Å². The Labute approximate surface area is 74.7 Å². The van der Waals surface area contributed by atoms with Gasteiger partial charge in [0.2, 0.25) is 0 Å². The van der Waals surface area contributed by atoms with Crippen molar-refractivity contribution in [3.8, 4) is 0 Å². The summed E-state index contributed by atoms with van der Waals surface area (Å²) >= 11 is 0. The van der Waals surface area contributed by atoms with Crippen LogP contribution >= 0.6 is 0 Å². The maximum atomic E-state index is 9.55. The predicted molar refractivity (Wildman–Crippen MR) is 48.7 cm³/mol. The topological polar surface area (TPSA) is 49.7 Å². The molecule has 0 atom stereocenters. The van der Waals surface area contributed by atoms with Gasteiger partial charge in [-0.05, 0) is 12.8 Å². The van der Waals surface area contributed by atoms with Crippen molar-refractivity contribution in [2.45, 2.75) is 44.1 Å². The molecule has 0 aromatic rings. The molecule has 1 aliphatic rings.